The van der Waals surface area contributed by atoms with Crippen LogP contribution in [0.15, 0.2) is 29.4 Å². The minimum atomic E-state index is 0.0629. The Labute approximate surface area is 170 Å². The molecular weight excluding hydrogens is 384 g/mol. The lowest BCUT2D eigenvalue weighted by molar-refractivity contribution is 0.339. The summed E-state index contributed by atoms with van der Waals surface area (Å²) in [5.74, 6) is 0.679. The van der Waals surface area contributed by atoms with Crippen molar-refractivity contribution in [3.8, 4) is 5.75 Å². The first-order valence-corrected chi connectivity index (χ1v) is 10.1. The second-order valence-corrected chi connectivity index (χ2v) is 10.4. The van der Waals surface area contributed by atoms with E-state index in [4.69, 9.17) is 33.5 Å². The minimum absolute atomic E-state index is 0.0629. The zero-order valence-electron chi connectivity index (χ0n) is 16.5. The monoisotopic (exact) mass is 410 g/mol. The van der Waals surface area contributed by atoms with Crippen molar-refractivity contribution in [2.75, 3.05) is 7.11 Å². The molecule has 0 unspecified atom stereocenters. The third kappa shape index (κ3) is 5.41. The van der Waals surface area contributed by atoms with Gasteiger partial charge in [0.25, 0.3) is 0 Å². The summed E-state index contributed by atoms with van der Waals surface area (Å²) in [6.45, 7) is 14.2. The van der Waals surface area contributed by atoms with Gasteiger partial charge in [-0.15, -0.1) is 11.3 Å². The van der Waals surface area contributed by atoms with Crippen LogP contribution in [0.2, 0.25) is 5.02 Å². The molecule has 26 heavy (non-hydrogen) atoms. The number of thiocarbonyl (C=S) groups is 1. The SMILES string of the molecule is COc1ccc(Cl)cc1C(=S)N=c1sc(C(C)(C)C)cn1CC(C)(C)C. The molecule has 0 spiro atoms. The summed E-state index contributed by atoms with van der Waals surface area (Å²) >= 11 is 13.4. The van der Waals surface area contributed by atoms with Gasteiger partial charge in [-0.3, -0.25) is 0 Å². The Balaban J connectivity index is 2.57. The molecule has 0 saturated heterocycles. The van der Waals surface area contributed by atoms with Crippen molar-refractivity contribution in [1.82, 2.24) is 4.57 Å². The number of hydrogen-bond acceptors (Lipinski definition) is 3. The average molecular weight is 411 g/mol. The maximum Gasteiger partial charge on any atom is 0.191 e. The van der Waals surface area contributed by atoms with E-state index in [2.05, 4.69) is 52.3 Å². The molecule has 0 fully saturated rings. The molecule has 0 saturated carbocycles. The molecule has 2 rings (SSSR count). The maximum absolute atomic E-state index is 6.14. The van der Waals surface area contributed by atoms with Crippen molar-refractivity contribution in [3.63, 3.8) is 0 Å². The van der Waals surface area contributed by atoms with Crippen LogP contribution in [0.25, 0.3) is 0 Å². The zero-order chi connectivity index (χ0) is 19.7. The fourth-order valence-corrected chi connectivity index (χ4v) is 3.96. The van der Waals surface area contributed by atoms with E-state index in [1.54, 1.807) is 30.6 Å². The Kier molecular flexibility index (Phi) is 6.36. The van der Waals surface area contributed by atoms with E-state index in [-0.39, 0.29) is 10.8 Å². The molecule has 0 atom stereocenters. The molecule has 0 aliphatic rings. The summed E-state index contributed by atoms with van der Waals surface area (Å²) in [5.41, 5.74) is 0.941. The zero-order valence-corrected chi connectivity index (χ0v) is 18.9. The number of halogens is 1. The molecule has 0 aliphatic heterocycles. The Morgan fingerprint density at radius 1 is 1.23 bits per heavy atom. The maximum atomic E-state index is 6.14. The van der Waals surface area contributed by atoms with Crippen molar-refractivity contribution >= 4 is 40.1 Å². The first-order valence-electron chi connectivity index (χ1n) is 8.54. The Hall–Kier alpha value is -1.17. The number of nitrogens with zero attached hydrogens (tertiary/aromatic N) is 2. The number of thiazole rings is 1. The second kappa shape index (κ2) is 7.83. The van der Waals surface area contributed by atoms with E-state index in [9.17, 15) is 0 Å². The lowest BCUT2D eigenvalue weighted by Gasteiger charge is -2.19. The van der Waals surface area contributed by atoms with E-state index in [1.165, 1.54) is 4.88 Å². The van der Waals surface area contributed by atoms with Gasteiger partial charge < -0.3 is 9.30 Å². The van der Waals surface area contributed by atoms with Gasteiger partial charge in [0.1, 0.15) is 10.7 Å². The van der Waals surface area contributed by atoms with E-state index in [0.29, 0.717) is 15.8 Å². The molecule has 142 valence electrons. The summed E-state index contributed by atoms with van der Waals surface area (Å²) in [4.78, 5) is 7.43. The van der Waals surface area contributed by atoms with Gasteiger partial charge in [-0.2, -0.15) is 0 Å². The van der Waals surface area contributed by atoms with Crippen LogP contribution in [0, 0.1) is 5.41 Å². The lowest BCUT2D eigenvalue weighted by Crippen LogP contribution is -2.24. The summed E-state index contributed by atoms with van der Waals surface area (Å²) in [5, 5.41) is 0.613. The van der Waals surface area contributed by atoms with Crippen LogP contribution in [-0.2, 0) is 12.0 Å². The molecule has 2 aromatic rings. The highest BCUT2D eigenvalue weighted by molar-refractivity contribution is 7.80. The highest BCUT2D eigenvalue weighted by atomic mass is 35.5. The van der Waals surface area contributed by atoms with Crippen LogP contribution in [0.4, 0.5) is 0 Å². The molecule has 0 radical (unpaired) electrons. The fourth-order valence-electron chi connectivity index (χ4n) is 2.43. The number of hydrogen-bond donors (Lipinski definition) is 0. The first kappa shape index (κ1) is 21.1. The topological polar surface area (TPSA) is 26.5 Å². The molecule has 1 heterocycles. The number of benzene rings is 1. The first-order chi connectivity index (χ1) is 11.9. The second-order valence-electron chi connectivity index (χ2n) is 8.58. The smallest absolute Gasteiger partial charge is 0.191 e. The van der Waals surface area contributed by atoms with Crippen molar-refractivity contribution in [1.29, 1.82) is 0 Å². The lowest BCUT2D eigenvalue weighted by atomic mass is 9.95. The summed E-state index contributed by atoms with van der Waals surface area (Å²) < 4.78 is 7.62. The molecule has 6 heteroatoms. The third-order valence-corrected chi connectivity index (χ3v) is 5.69. The predicted octanol–water partition coefficient (Wildman–Crippen LogP) is 5.83. The number of methoxy groups -OCH3 is 1. The van der Waals surface area contributed by atoms with E-state index < -0.39 is 0 Å². The largest absolute Gasteiger partial charge is 0.496 e. The van der Waals surface area contributed by atoms with Gasteiger partial charge in [-0.25, -0.2) is 4.99 Å². The van der Waals surface area contributed by atoms with Gasteiger partial charge in [-0.05, 0) is 29.0 Å². The Morgan fingerprint density at radius 3 is 2.42 bits per heavy atom. The summed E-state index contributed by atoms with van der Waals surface area (Å²) in [6, 6.07) is 5.41. The molecule has 0 N–H and O–H groups in total. The van der Waals surface area contributed by atoms with E-state index in [1.807, 2.05) is 6.07 Å². The van der Waals surface area contributed by atoms with Crippen LogP contribution in [0.1, 0.15) is 52.0 Å². The molecule has 1 aromatic heterocycles. The van der Waals surface area contributed by atoms with Gasteiger partial charge in [0.05, 0.1) is 12.7 Å². The van der Waals surface area contributed by atoms with E-state index in [0.717, 1.165) is 16.9 Å². The summed E-state index contributed by atoms with van der Waals surface area (Å²) in [7, 11) is 1.62. The van der Waals surface area contributed by atoms with Gasteiger partial charge in [0.15, 0.2) is 4.80 Å². The highest BCUT2D eigenvalue weighted by Crippen LogP contribution is 2.27. The van der Waals surface area contributed by atoms with Crippen LogP contribution < -0.4 is 9.54 Å². The number of ether oxygens (including phenoxy) is 1. The van der Waals surface area contributed by atoms with Gasteiger partial charge in [0, 0.05) is 22.6 Å². The van der Waals surface area contributed by atoms with Crippen LogP contribution >= 0.6 is 35.2 Å². The Morgan fingerprint density at radius 2 is 1.88 bits per heavy atom. The van der Waals surface area contributed by atoms with Crippen LogP contribution in [-0.4, -0.2) is 16.7 Å². The van der Waals surface area contributed by atoms with E-state index >= 15 is 0 Å². The molecule has 1 aromatic carbocycles. The molecule has 0 amide bonds. The fraction of sp³-hybridized carbons (Fsp3) is 0.500. The normalized spacial score (nSPS) is 13.2. The average Bonchev–Trinajstić information content (AvgIpc) is 2.88. The molecule has 0 aliphatic carbocycles. The van der Waals surface area contributed by atoms with Gasteiger partial charge >= 0.3 is 0 Å². The number of rotatable bonds is 3. The quantitative estimate of drug-likeness (QED) is 0.595. The van der Waals surface area contributed by atoms with Gasteiger partial charge in [-0.1, -0.05) is 65.4 Å². The molecule has 3 nitrogen and oxygen atoms in total. The predicted molar refractivity (Wildman–Crippen MR) is 116 cm³/mol. The molecule has 0 bridgehead atoms. The van der Waals surface area contributed by atoms with Crippen molar-refractivity contribution in [2.45, 2.75) is 53.5 Å². The summed E-state index contributed by atoms with van der Waals surface area (Å²) in [6.07, 6.45) is 2.20. The Bertz CT molecular complexity index is 867. The van der Waals surface area contributed by atoms with Gasteiger partial charge in [0.2, 0.25) is 0 Å². The van der Waals surface area contributed by atoms with Crippen LogP contribution in [0.3, 0.4) is 0 Å². The number of aromatic nitrogens is 1. The highest BCUT2D eigenvalue weighted by Gasteiger charge is 2.20. The minimum Gasteiger partial charge on any atom is -0.496 e. The van der Waals surface area contributed by atoms with Crippen molar-refractivity contribution < 1.29 is 4.74 Å². The van der Waals surface area contributed by atoms with Crippen molar-refractivity contribution in [2.24, 2.45) is 10.4 Å². The molecular formula is C20H27ClN2OS2. The standard InChI is InChI=1S/C20H27ClN2OS2/c1-19(2,3)12-23-11-16(20(4,5)6)26-18(23)22-17(25)14-10-13(21)8-9-15(14)24-7/h8-11H,12H2,1-7H3. The van der Waals surface area contributed by atoms with Crippen LogP contribution in [0.5, 0.6) is 5.75 Å². The van der Waals surface area contributed by atoms with Crippen molar-refractivity contribution in [3.05, 3.63) is 44.7 Å². The third-order valence-electron chi connectivity index (χ3n) is 3.69.